The average molecular weight is 299 g/mol. The summed E-state index contributed by atoms with van der Waals surface area (Å²) in [5.41, 5.74) is 0. The van der Waals surface area contributed by atoms with Gasteiger partial charge in [0.2, 0.25) is 0 Å². The monoisotopic (exact) mass is 299 g/mol. The van der Waals surface area contributed by atoms with E-state index in [-0.39, 0.29) is 6.10 Å². The molecule has 0 aromatic heterocycles. The van der Waals surface area contributed by atoms with Crippen molar-refractivity contribution in [2.45, 2.75) is 44.4 Å². The SMILES string of the molecule is CCCNC1CCOCC1CN1CC(O)CC1CN(C)C. The van der Waals surface area contributed by atoms with Crippen molar-refractivity contribution in [3.05, 3.63) is 0 Å². The molecule has 0 saturated carbocycles. The van der Waals surface area contributed by atoms with Crippen LogP contribution in [-0.4, -0.2) is 86.6 Å². The summed E-state index contributed by atoms with van der Waals surface area (Å²) >= 11 is 0. The molecule has 4 unspecified atom stereocenters. The van der Waals surface area contributed by atoms with Gasteiger partial charge in [0, 0.05) is 44.2 Å². The molecular weight excluding hydrogens is 266 g/mol. The lowest BCUT2D eigenvalue weighted by molar-refractivity contribution is 0.0124. The van der Waals surface area contributed by atoms with Crippen LogP contribution in [0, 0.1) is 5.92 Å². The number of β-amino-alcohol motifs (C(OH)–C–C–N with tert-alkyl or cyclic N) is 1. The van der Waals surface area contributed by atoms with Crippen LogP contribution in [-0.2, 0) is 4.74 Å². The second-order valence-corrected chi connectivity index (χ2v) is 6.94. The largest absolute Gasteiger partial charge is 0.392 e. The second-order valence-electron chi connectivity index (χ2n) is 6.94. The van der Waals surface area contributed by atoms with Crippen molar-refractivity contribution < 1.29 is 9.84 Å². The minimum Gasteiger partial charge on any atom is -0.392 e. The van der Waals surface area contributed by atoms with E-state index in [1.54, 1.807) is 0 Å². The van der Waals surface area contributed by atoms with Crippen LogP contribution in [0.3, 0.4) is 0 Å². The number of likely N-dealkylation sites (N-methyl/N-ethyl adjacent to an activating group) is 1. The Balaban J connectivity index is 1.90. The zero-order chi connectivity index (χ0) is 15.2. The summed E-state index contributed by atoms with van der Waals surface area (Å²) in [7, 11) is 4.22. The highest BCUT2D eigenvalue weighted by Crippen LogP contribution is 2.23. The number of hydrogen-bond donors (Lipinski definition) is 2. The Morgan fingerprint density at radius 2 is 2.19 bits per heavy atom. The molecule has 5 heteroatoms. The highest BCUT2D eigenvalue weighted by atomic mass is 16.5. The van der Waals surface area contributed by atoms with E-state index in [9.17, 15) is 5.11 Å². The molecule has 124 valence electrons. The fourth-order valence-electron chi connectivity index (χ4n) is 3.67. The van der Waals surface area contributed by atoms with Crippen molar-refractivity contribution in [2.24, 2.45) is 5.92 Å². The number of nitrogens with zero attached hydrogens (tertiary/aromatic N) is 2. The van der Waals surface area contributed by atoms with Crippen LogP contribution in [0.15, 0.2) is 0 Å². The van der Waals surface area contributed by atoms with Gasteiger partial charge in [0.05, 0.1) is 12.7 Å². The maximum absolute atomic E-state index is 10.0. The molecule has 4 atom stereocenters. The molecule has 0 radical (unpaired) electrons. The van der Waals surface area contributed by atoms with Crippen LogP contribution in [0.2, 0.25) is 0 Å². The minimum atomic E-state index is -0.165. The molecule has 2 fully saturated rings. The fourth-order valence-corrected chi connectivity index (χ4v) is 3.67. The average Bonchev–Trinajstić information content (AvgIpc) is 2.77. The normalized spacial score (nSPS) is 34.7. The Morgan fingerprint density at radius 1 is 1.38 bits per heavy atom. The number of aliphatic hydroxyl groups excluding tert-OH is 1. The number of rotatable bonds is 7. The van der Waals surface area contributed by atoms with Crippen molar-refractivity contribution in [3.63, 3.8) is 0 Å². The maximum atomic E-state index is 10.0. The molecule has 0 aromatic rings. The van der Waals surface area contributed by atoms with Gasteiger partial charge in [-0.2, -0.15) is 0 Å². The first-order chi connectivity index (χ1) is 10.1. The lowest BCUT2D eigenvalue weighted by Gasteiger charge is -2.37. The van der Waals surface area contributed by atoms with Gasteiger partial charge in [-0.3, -0.25) is 4.90 Å². The standard InChI is InChI=1S/C16H33N3O2/c1-4-6-17-16-5-7-21-12-13(16)9-19-11-15(20)8-14(19)10-18(2)3/h13-17,20H,4-12H2,1-3H3. The van der Waals surface area contributed by atoms with Gasteiger partial charge in [0.15, 0.2) is 0 Å². The third-order valence-corrected chi connectivity index (χ3v) is 4.68. The Kier molecular flexibility index (Phi) is 6.89. The predicted molar refractivity (Wildman–Crippen MR) is 85.5 cm³/mol. The summed E-state index contributed by atoms with van der Waals surface area (Å²) in [4.78, 5) is 4.70. The topological polar surface area (TPSA) is 48.0 Å². The van der Waals surface area contributed by atoms with Crippen LogP contribution >= 0.6 is 0 Å². The summed E-state index contributed by atoms with van der Waals surface area (Å²) in [6, 6.07) is 1.04. The van der Waals surface area contributed by atoms with Gasteiger partial charge in [-0.25, -0.2) is 0 Å². The molecule has 2 heterocycles. The molecule has 5 nitrogen and oxygen atoms in total. The van der Waals surface area contributed by atoms with Crippen molar-refractivity contribution in [2.75, 3.05) is 53.5 Å². The molecule has 0 spiro atoms. The van der Waals surface area contributed by atoms with Gasteiger partial charge >= 0.3 is 0 Å². The Labute approximate surface area is 129 Å². The van der Waals surface area contributed by atoms with Crippen LogP contribution in [0.25, 0.3) is 0 Å². The summed E-state index contributed by atoms with van der Waals surface area (Å²) in [6.45, 7) is 7.91. The van der Waals surface area contributed by atoms with Crippen LogP contribution < -0.4 is 5.32 Å². The van der Waals surface area contributed by atoms with Gasteiger partial charge < -0.3 is 20.1 Å². The molecule has 0 amide bonds. The molecule has 2 aliphatic rings. The van der Waals surface area contributed by atoms with Gasteiger partial charge in [0.1, 0.15) is 0 Å². The lowest BCUT2D eigenvalue weighted by Crippen LogP contribution is -2.50. The third kappa shape index (κ3) is 5.18. The van der Waals surface area contributed by atoms with Gasteiger partial charge in [-0.15, -0.1) is 0 Å². The summed E-state index contributed by atoms with van der Waals surface area (Å²) in [6.07, 6.45) is 3.02. The van der Waals surface area contributed by atoms with Crippen molar-refractivity contribution in [1.29, 1.82) is 0 Å². The van der Waals surface area contributed by atoms with E-state index < -0.39 is 0 Å². The number of aliphatic hydroxyl groups is 1. The molecule has 0 aromatic carbocycles. The number of hydrogen-bond acceptors (Lipinski definition) is 5. The maximum Gasteiger partial charge on any atom is 0.0682 e. The van der Waals surface area contributed by atoms with Crippen LogP contribution in [0.1, 0.15) is 26.2 Å². The van der Waals surface area contributed by atoms with Crippen molar-refractivity contribution >= 4 is 0 Å². The molecule has 2 rings (SSSR count). The minimum absolute atomic E-state index is 0.165. The van der Waals surface area contributed by atoms with Crippen molar-refractivity contribution in [3.8, 4) is 0 Å². The first-order valence-electron chi connectivity index (χ1n) is 8.48. The Morgan fingerprint density at radius 3 is 2.90 bits per heavy atom. The summed E-state index contributed by atoms with van der Waals surface area (Å²) in [5.74, 6) is 0.542. The number of nitrogens with one attached hydrogen (secondary N) is 1. The number of ether oxygens (including phenoxy) is 1. The van der Waals surface area contributed by atoms with E-state index in [1.165, 1.54) is 6.42 Å². The molecule has 0 aliphatic carbocycles. The lowest BCUT2D eigenvalue weighted by atomic mass is 9.94. The van der Waals surface area contributed by atoms with Crippen LogP contribution in [0.5, 0.6) is 0 Å². The molecule has 2 N–H and O–H groups in total. The quantitative estimate of drug-likeness (QED) is 0.712. The van der Waals surface area contributed by atoms with E-state index in [0.717, 1.165) is 52.2 Å². The van der Waals surface area contributed by atoms with E-state index in [1.807, 2.05) is 0 Å². The van der Waals surface area contributed by atoms with E-state index in [4.69, 9.17) is 4.74 Å². The van der Waals surface area contributed by atoms with Gasteiger partial charge in [0.25, 0.3) is 0 Å². The fraction of sp³-hybridized carbons (Fsp3) is 1.00. The molecule has 0 bridgehead atoms. The zero-order valence-corrected chi connectivity index (χ0v) is 13.9. The van der Waals surface area contributed by atoms with Crippen LogP contribution in [0.4, 0.5) is 0 Å². The highest BCUT2D eigenvalue weighted by Gasteiger charge is 2.35. The van der Waals surface area contributed by atoms with E-state index >= 15 is 0 Å². The summed E-state index contributed by atoms with van der Waals surface area (Å²) in [5, 5.41) is 13.7. The smallest absolute Gasteiger partial charge is 0.0682 e. The third-order valence-electron chi connectivity index (χ3n) is 4.68. The first-order valence-corrected chi connectivity index (χ1v) is 8.48. The highest BCUT2D eigenvalue weighted by molar-refractivity contribution is 4.90. The van der Waals surface area contributed by atoms with E-state index in [2.05, 4.69) is 36.1 Å². The Hall–Kier alpha value is -0.200. The van der Waals surface area contributed by atoms with E-state index in [0.29, 0.717) is 18.0 Å². The van der Waals surface area contributed by atoms with Gasteiger partial charge in [-0.1, -0.05) is 6.92 Å². The van der Waals surface area contributed by atoms with Crippen molar-refractivity contribution in [1.82, 2.24) is 15.1 Å². The molecular formula is C16H33N3O2. The zero-order valence-electron chi connectivity index (χ0n) is 13.9. The Bertz CT molecular complexity index is 301. The molecule has 2 saturated heterocycles. The molecule has 2 aliphatic heterocycles. The number of likely N-dealkylation sites (tertiary alicyclic amines) is 1. The predicted octanol–water partition coefficient (Wildman–Crippen LogP) is 0.388. The second kappa shape index (κ2) is 8.44. The molecule has 21 heavy (non-hydrogen) atoms. The summed E-state index contributed by atoms with van der Waals surface area (Å²) < 4.78 is 5.71. The van der Waals surface area contributed by atoms with Gasteiger partial charge in [-0.05, 0) is 39.9 Å². The first kappa shape index (κ1) is 17.2.